The minimum absolute atomic E-state index is 0.00131. The van der Waals surface area contributed by atoms with Crippen LogP contribution in [0.1, 0.15) is 15.9 Å². The van der Waals surface area contributed by atoms with E-state index in [0.717, 1.165) is 11.3 Å². The van der Waals surface area contributed by atoms with Gasteiger partial charge in [0.2, 0.25) is 0 Å². The van der Waals surface area contributed by atoms with Crippen molar-refractivity contribution < 1.29 is 23.7 Å². The molecule has 6 heteroatoms. The van der Waals surface area contributed by atoms with Gasteiger partial charge in [0.1, 0.15) is 23.9 Å². The molecule has 1 fully saturated rings. The van der Waals surface area contributed by atoms with Gasteiger partial charge in [0.05, 0.1) is 27.4 Å². The van der Waals surface area contributed by atoms with Gasteiger partial charge in [-0.25, -0.2) is 0 Å². The lowest BCUT2D eigenvalue weighted by molar-refractivity contribution is 0.0302. The lowest BCUT2D eigenvalue weighted by Gasteiger charge is -2.27. The highest BCUT2D eigenvalue weighted by Gasteiger charge is 2.19. The highest BCUT2D eigenvalue weighted by Crippen LogP contribution is 2.25. The molecule has 0 radical (unpaired) electrons. The third kappa shape index (κ3) is 4.26. The van der Waals surface area contributed by atoms with Crippen LogP contribution >= 0.6 is 0 Å². The largest absolute Gasteiger partial charge is 0.497 e. The number of amides is 1. The van der Waals surface area contributed by atoms with Crippen LogP contribution in [0.2, 0.25) is 0 Å². The van der Waals surface area contributed by atoms with Gasteiger partial charge in [-0.05, 0) is 30.3 Å². The van der Waals surface area contributed by atoms with Crippen LogP contribution in [0.3, 0.4) is 0 Å². The Hall–Kier alpha value is -2.73. The van der Waals surface area contributed by atoms with Gasteiger partial charge in [-0.15, -0.1) is 0 Å². The first-order valence-electron chi connectivity index (χ1n) is 8.52. The van der Waals surface area contributed by atoms with E-state index >= 15 is 0 Å². The number of ether oxygens (including phenoxy) is 4. The Kier molecular flexibility index (Phi) is 5.96. The summed E-state index contributed by atoms with van der Waals surface area (Å²) in [5.74, 6) is 2.10. The van der Waals surface area contributed by atoms with E-state index in [-0.39, 0.29) is 5.91 Å². The number of morpholine rings is 1. The number of hydrogen-bond acceptors (Lipinski definition) is 5. The molecule has 138 valence electrons. The fraction of sp³-hybridized carbons (Fsp3) is 0.350. The molecular weight excluding hydrogens is 334 g/mol. The third-order valence-electron chi connectivity index (χ3n) is 4.26. The van der Waals surface area contributed by atoms with Gasteiger partial charge < -0.3 is 23.8 Å². The highest BCUT2D eigenvalue weighted by molar-refractivity contribution is 5.94. The molecule has 0 bridgehead atoms. The molecular formula is C20H23NO5. The second-order valence-corrected chi connectivity index (χ2v) is 5.90. The van der Waals surface area contributed by atoms with E-state index in [1.807, 2.05) is 30.3 Å². The first-order valence-corrected chi connectivity index (χ1v) is 8.52. The molecule has 1 heterocycles. The number of methoxy groups -OCH3 is 2. The van der Waals surface area contributed by atoms with Crippen molar-refractivity contribution in [3.63, 3.8) is 0 Å². The van der Waals surface area contributed by atoms with Crippen LogP contribution in [0.25, 0.3) is 0 Å². The summed E-state index contributed by atoms with van der Waals surface area (Å²) in [6, 6.07) is 12.8. The summed E-state index contributed by atoms with van der Waals surface area (Å²) in [7, 11) is 3.22. The Morgan fingerprint density at radius 3 is 2.54 bits per heavy atom. The van der Waals surface area contributed by atoms with Gasteiger partial charge in [-0.3, -0.25) is 4.79 Å². The Bertz CT molecular complexity index is 756. The molecule has 0 unspecified atom stereocenters. The Labute approximate surface area is 153 Å². The zero-order valence-electron chi connectivity index (χ0n) is 15.1. The Balaban J connectivity index is 1.75. The second kappa shape index (κ2) is 8.58. The van der Waals surface area contributed by atoms with Crippen molar-refractivity contribution in [2.75, 3.05) is 40.5 Å². The average molecular weight is 357 g/mol. The number of benzene rings is 2. The SMILES string of the molecule is COc1cccc(OCc2cc(C(=O)N3CCOCC3)ccc2OC)c1. The fourth-order valence-electron chi connectivity index (χ4n) is 2.83. The minimum Gasteiger partial charge on any atom is -0.497 e. The van der Waals surface area contributed by atoms with Crippen LogP contribution in [0.4, 0.5) is 0 Å². The molecule has 0 saturated carbocycles. The predicted octanol–water partition coefficient (Wildman–Crippen LogP) is 2.76. The van der Waals surface area contributed by atoms with Crippen molar-refractivity contribution in [2.45, 2.75) is 6.61 Å². The summed E-state index contributed by atoms with van der Waals surface area (Å²) in [5, 5.41) is 0. The van der Waals surface area contributed by atoms with E-state index in [2.05, 4.69) is 0 Å². The number of carbonyl (C=O) groups is 1. The quantitative estimate of drug-likeness (QED) is 0.796. The molecule has 1 saturated heterocycles. The zero-order valence-corrected chi connectivity index (χ0v) is 15.1. The topological polar surface area (TPSA) is 57.2 Å². The van der Waals surface area contributed by atoms with Gasteiger partial charge in [0, 0.05) is 30.3 Å². The Morgan fingerprint density at radius 2 is 1.81 bits per heavy atom. The minimum atomic E-state index is -0.00131. The van der Waals surface area contributed by atoms with Crippen LogP contribution in [-0.2, 0) is 11.3 Å². The normalized spacial score (nSPS) is 14.0. The number of nitrogens with zero attached hydrogens (tertiary/aromatic N) is 1. The van der Waals surface area contributed by atoms with Gasteiger partial charge in [0.15, 0.2) is 0 Å². The summed E-state index contributed by atoms with van der Waals surface area (Å²) in [6.07, 6.45) is 0. The molecule has 26 heavy (non-hydrogen) atoms. The number of rotatable bonds is 6. The summed E-state index contributed by atoms with van der Waals surface area (Å²) >= 11 is 0. The molecule has 0 aliphatic carbocycles. The van der Waals surface area contributed by atoms with E-state index in [9.17, 15) is 4.79 Å². The molecule has 0 spiro atoms. The molecule has 1 aliphatic heterocycles. The zero-order chi connectivity index (χ0) is 18.4. The first-order chi connectivity index (χ1) is 12.7. The molecule has 0 atom stereocenters. The van der Waals surface area contributed by atoms with Crippen molar-refractivity contribution in [2.24, 2.45) is 0 Å². The van der Waals surface area contributed by atoms with E-state index in [0.29, 0.717) is 50.0 Å². The van der Waals surface area contributed by atoms with Crippen LogP contribution in [0, 0.1) is 0 Å². The Morgan fingerprint density at radius 1 is 1.04 bits per heavy atom. The van der Waals surface area contributed by atoms with Gasteiger partial charge >= 0.3 is 0 Å². The maximum atomic E-state index is 12.7. The monoisotopic (exact) mass is 357 g/mol. The number of carbonyl (C=O) groups excluding carboxylic acids is 1. The molecule has 2 aromatic carbocycles. The van der Waals surface area contributed by atoms with E-state index in [1.54, 1.807) is 31.3 Å². The van der Waals surface area contributed by atoms with E-state index in [4.69, 9.17) is 18.9 Å². The summed E-state index contributed by atoms with van der Waals surface area (Å²) in [4.78, 5) is 14.5. The smallest absolute Gasteiger partial charge is 0.254 e. The van der Waals surface area contributed by atoms with Gasteiger partial charge in [-0.2, -0.15) is 0 Å². The maximum Gasteiger partial charge on any atom is 0.254 e. The lowest BCUT2D eigenvalue weighted by Crippen LogP contribution is -2.40. The van der Waals surface area contributed by atoms with Crippen molar-refractivity contribution in [1.82, 2.24) is 4.90 Å². The molecule has 0 aromatic heterocycles. The highest BCUT2D eigenvalue weighted by atomic mass is 16.5. The third-order valence-corrected chi connectivity index (χ3v) is 4.26. The van der Waals surface area contributed by atoms with Gasteiger partial charge in [-0.1, -0.05) is 6.07 Å². The molecule has 0 N–H and O–H groups in total. The molecule has 2 aromatic rings. The molecule has 6 nitrogen and oxygen atoms in total. The molecule has 3 rings (SSSR count). The summed E-state index contributed by atoms with van der Waals surface area (Å²) < 4.78 is 21.8. The van der Waals surface area contributed by atoms with Crippen LogP contribution in [0.5, 0.6) is 17.2 Å². The maximum absolute atomic E-state index is 12.7. The van der Waals surface area contributed by atoms with Crippen molar-refractivity contribution >= 4 is 5.91 Å². The van der Waals surface area contributed by atoms with Crippen LogP contribution in [-0.4, -0.2) is 51.3 Å². The number of hydrogen-bond donors (Lipinski definition) is 0. The predicted molar refractivity (Wildman–Crippen MR) is 97.0 cm³/mol. The van der Waals surface area contributed by atoms with Gasteiger partial charge in [0.25, 0.3) is 5.91 Å². The van der Waals surface area contributed by atoms with Crippen LogP contribution in [0.15, 0.2) is 42.5 Å². The fourth-order valence-corrected chi connectivity index (χ4v) is 2.83. The molecule has 1 aliphatic rings. The van der Waals surface area contributed by atoms with Crippen molar-refractivity contribution in [3.05, 3.63) is 53.6 Å². The van der Waals surface area contributed by atoms with E-state index in [1.165, 1.54) is 0 Å². The van der Waals surface area contributed by atoms with Crippen molar-refractivity contribution in [1.29, 1.82) is 0 Å². The molecule has 1 amide bonds. The van der Waals surface area contributed by atoms with E-state index < -0.39 is 0 Å². The first kappa shape index (κ1) is 18.1. The van der Waals surface area contributed by atoms with Crippen LogP contribution < -0.4 is 14.2 Å². The average Bonchev–Trinajstić information content (AvgIpc) is 2.72. The lowest BCUT2D eigenvalue weighted by atomic mass is 10.1. The standard InChI is InChI=1S/C20H23NO5/c1-23-17-4-3-5-18(13-17)26-14-16-12-15(6-7-19(16)24-2)20(22)21-8-10-25-11-9-21/h3-7,12-13H,8-11,14H2,1-2H3. The van der Waals surface area contributed by atoms with Crippen molar-refractivity contribution in [3.8, 4) is 17.2 Å². The summed E-state index contributed by atoms with van der Waals surface area (Å²) in [6.45, 7) is 2.67. The second-order valence-electron chi connectivity index (χ2n) is 5.90. The summed E-state index contributed by atoms with van der Waals surface area (Å²) in [5.41, 5.74) is 1.44.